The van der Waals surface area contributed by atoms with Gasteiger partial charge in [-0.2, -0.15) is 0 Å². The molecule has 0 radical (unpaired) electrons. The van der Waals surface area contributed by atoms with Crippen molar-refractivity contribution in [1.82, 2.24) is 5.16 Å². The van der Waals surface area contributed by atoms with Crippen LogP contribution in [0.3, 0.4) is 0 Å². The van der Waals surface area contributed by atoms with Crippen LogP contribution in [0.5, 0.6) is 5.75 Å². The molecule has 1 aliphatic carbocycles. The van der Waals surface area contributed by atoms with E-state index < -0.39 is 0 Å². The number of aromatic nitrogens is 1. The van der Waals surface area contributed by atoms with Gasteiger partial charge in [0.1, 0.15) is 29.5 Å². The summed E-state index contributed by atoms with van der Waals surface area (Å²) < 4.78 is 17.1. The Morgan fingerprint density at radius 3 is 2.86 bits per heavy atom. The lowest BCUT2D eigenvalue weighted by Gasteiger charge is -2.09. The molecule has 0 spiro atoms. The van der Waals surface area contributed by atoms with Gasteiger partial charge in [0, 0.05) is 17.4 Å². The maximum absolute atomic E-state index is 5.95. The number of nitrogens with zero attached hydrogens (tertiary/aromatic N) is 1. The zero-order valence-electron chi connectivity index (χ0n) is 12.9. The molecule has 4 heteroatoms. The molecule has 0 atom stereocenters. The van der Waals surface area contributed by atoms with E-state index >= 15 is 0 Å². The van der Waals surface area contributed by atoms with Gasteiger partial charge in [0.25, 0.3) is 0 Å². The van der Waals surface area contributed by atoms with Gasteiger partial charge in [0.05, 0.1) is 11.3 Å². The lowest BCUT2D eigenvalue weighted by atomic mass is 9.96. The minimum atomic E-state index is 0.479. The van der Waals surface area contributed by atoms with E-state index in [1.54, 1.807) is 0 Å². The fraction of sp³-hybridized carbons (Fsp3) is 0.389. The van der Waals surface area contributed by atoms with Crippen molar-refractivity contribution in [2.75, 3.05) is 0 Å². The van der Waals surface area contributed by atoms with E-state index in [0.29, 0.717) is 6.61 Å². The van der Waals surface area contributed by atoms with Crippen molar-refractivity contribution >= 4 is 11.0 Å². The predicted molar refractivity (Wildman–Crippen MR) is 83.2 cm³/mol. The molecule has 0 fully saturated rings. The summed E-state index contributed by atoms with van der Waals surface area (Å²) in [5.41, 5.74) is 4.24. The van der Waals surface area contributed by atoms with Crippen LogP contribution in [0.2, 0.25) is 0 Å². The number of hydrogen-bond acceptors (Lipinski definition) is 4. The lowest BCUT2D eigenvalue weighted by molar-refractivity contribution is 0.302. The Labute approximate surface area is 129 Å². The summed E-state index contributed by atoms with van der Waals surface area (Å²) in [5, 5.41) is 5.16. The van der Waals surface area contributed by atoms with Crippen LogP contribution in [0.15, 0.2) is 27.1 Å². The Balaban J connectivity index is 1.62. The van der Waals surface area contributed by atoms with Crippen molar-refractivity contribution in [3.05, 3.63) is 46.5 Å². The third-order valence-corrected chi connectivity index (χ3v) is 4.49. The van der Waals surface area contributed by atoms with Crippen molar-refractivity contribution in [3.8, 4) is 5.75 Å². The van der Waals surface area contributed by atoms with Crippen LogP contribution in [0.1, 0.15) is 41.2 Å². The summed E-state index contributed by atoms with van der Waals surface area (Å²) in [4.78, 5) is 0. The maximum atomic E-state index is 5.95. The number of rotatable bonds is 3. The third kappa shape index (κ3) is 2.19. The first-order valence-corrected chi connectivity index (χ1v) is 7.81. The van der Waals surface area contributed by atoms with Crippen molar-refractivity contribution < 1.29 is 13.7 Å². The van der Waals surface area contributed by atoms with E-state index in [-0.39, 0.29) is 0 Å². The van der Waals surface area contributed by atoms with Gasteiger partial charge in [-0.15, -0.1) is 0 Å². The molecule has 2 aromatic heterocycles. The second-order valence-corrected chi connectivity index (χ2v) is 5.96. The Hall–Kier alpha value is -2.23. The van der Waals surface area contributed by atoms with E-state index in [2.05, 4.69) is 11.2 Å². The van der Waals surface area contributed by atoms with E-state index in [1.807, 2.05) is 26.0 Å². The smallest absolute Gasteiger partial charge is 0.140 e. The molecule has 1 aromatic carbocycles. The van der Waals surface area contributed by atoms with E-state index in [4.69, 9.17) is 13.7 Å². The Morgan fingerprint density at radius 1 is 1.18 bits per heavy atom. The largest absolute Gasteiger partial charge is 0.489 e. The molecule has 0 saturated carbocycles. The van der Waals surface area contributed by atoms with Crippen LogP contribution in [0.25, 0.3) is 11.0 Å². The van der Waals surface area contributed by atoms with E-state index in [1.165, 1.54) is 23.8 Å². The molecule has 0 amide bonds. The molecule has 2 heterocycles. The van der Waals surface area contributed by atoms with Crippen molar-refractivity contribution in [2.45, 2.75) is 46.1 Å². The highest BCUT2D eigenvalue weighted by atomic mass is 16.5. The monoisotopic (exact) mass is 297 g/mol. The second kappa shape index (κ2) is 5.20. The SMILES string of the molecule is Cc1noc(C)c1COc1ccc2oc3c(c2c1)CCCC3. The molecular formula is C18H19NO3. The van der Waals surface area contributed by atoms with E-state index in [0.717, 1.165) is 47.0 Å². The standard InChI is InChI=1S/C18H19NO3/c1-11-16(12(2)22-19-11)10-20-13-7-8-18-15(9-13)14-5-3-4-6-17(14)21-18/h7-9H,3-6,10H2,1-2H3. The molecule has 1 aliphatic rings. The van der Waals surface area contributed by atoms with Gasteiger partial charge in [-0.3, -0.25) is 0 Å². The number of furan rings is 1. The quantitative estimate of drug-likeness (QED) is 0.714. The molecule has 0 bridgehead atoms. The van der Waals surface area contributed by atoms with Crippen LogP contribution < -0.4 is 4.74 Å². The average molecular weight is 297 g/mol. The summed E-state index contributed by atoms with van der Waals surface area (Å²) in [7, 11) is 0. The predicted octanol–water partition coefficient (Wildman–Crippen LogP) is 4.50. The molecular weight excluding hydrogens is 278 g/mol. The molecule has 22 heavy (non-hydrogen) atoms. The molecule has 0 aliphatic heterocycles. The maximum Gasteiger partial charge on any atom is 0.140 e. The lowest BCUT2D eigenvalue weighted by Crippen LogP contribution is -1.99. The van der Waals surface area contributed by atoms with Crippen molar-refractivity contribution in [3.63, 3.8) is 0 Å². The van der Waals surface area contributed by atoms with Gasteiger partial charge in [-0.1, -0.05) is 5.16 Å². The van der Waals surface area contributed by atoms with Gasteiger partial charge in [-0.05, 0) is 51.3 Å². The van der Waals surface area contributed by atoms with Crippen LogP contribution >= 0.6 is 0 Å². The van der Waals surface area contributed by atoms with E-state index in [9.17, 15) is 0 Å². The van der Waals surface area contributed by atoms with Crippen LogP contribution in [0.4, 0.5) is 0 Å². The van der Waals surface area contributed by atoms with Gasteiger partial charge in [0.15, 0.2) is 0 Å². The number of aryl methyl sites for hydroxylation is 4. The molecule has 4 rings (SSSR count). The number of hydrogen-bond donors (Lipinski definition) is 0. The van der Waals surface area contributed by atoms with Crippen LogP contribution in [0, 0.1) is 13.8 Å². The highest BCUT2D eigenvalue weighted by Gasteiger charge is 2.18. The zero-order chi connectivity index (χ0) is 15.1. The summed E-state index contributed by atoms with van der Waals surface area (Å²) in [5.74, 6) is 2.84. The minimum Gasteiger partial charge on any atom is -0.489 e. The van der Waals surface area contributed by atoms with Gasteiger partial charge >= 0.3 is 0 Å². The summed E-state index contributed by atoms with van der Waals surface area (Å²) in [6.07, 6.45) is 4.63. The first-order valence-electron chi connectivity index (χ1n) is 7.81. The van der Waals surface area contributed by atoms with Gasteiger partial charge in [-0.25, -0.2) is 0 Å². The van der Waals surface area contributed by atoms with Crippen molar-refractivity contribution in [2.24, 2.45) is 0 Å². The Morgan fingerprint density at radius 2 is 2.05 bits per heavy atom. The first kappa shape index (κ1) is 13.4. The van der Waals surface area contributed by atoms with Gasteiger partial charge < -0.3 is 13.7 Å². The molecule has 114 valence electrons. The molecule has 4 nitrogen and oxygen atoms in total. The zero-order valence-corrected chi connectivity index (χ0v) is 12.9. The van der Waals surface area contributed by atoms with Crippen molar-refractivity contribution in [1.29, 1.82) is 0 Å². The number of fused-ring (bicyclic) bond motifs is 3. The fourth-order valence-electron chi connectivity index (χ4n) is 3.20. The number of ether oxygens (including phenoxy) is 1. The fourth-order valence-corrected chi connectivity index (χ4v) is 3.20. The summed E-state index contributed by atoms with van der Waals surface area (Å²) >= 11 is 0. The minimum absolute atomic E-state index is 0.479. The second-order valence-electron chi connectivity index (χ2n) is 5.96. The average Bonchev–Trinajstić information content (AvgIpc) is 3.06. The topological polar surface area (TPSA) is 48.4 Å². The summed E-state index contributed by atoms with van der Waals surface area (Å²) in [6, 6.07) is 6.08. The normalized spacial score (nSPS) is 14.3. The Bertz CT molecular complexity index is 809. The first-order chi connectivity index (χ1) is 10.7. The Kier molecular flexibility index (Phi) is 3.17. The summed E-state index contributed by atoms with van der Waals surface area (Å²) in [6.45, 7) is 4.33. The van der Waals surface area contributed by atoms with Gasteiger partial charge in [0.2, 0.25) is 0 Å². The highest BCUT2D eigenvalue weighted by Crippen LogP contribution is 2.34. The highest BCUT2D eigenvalue weighted by molar-refractivity contribution is 5.84. The molecule has 3 aromatic rings. The van der Waals surface area contributed by atoms with Crippen LogP contribution in [-0.4, -0.2) is 5.16 Å². The molecule has 0 unspecified atom stereocenters. The number of benzene rings is 1. The van der Waals surface area contributed by atoms with Crippen LogP contribution in [-0.2, 0) is 19.4 Å². The third-order valence-electron chi connectivity index (χ3n) is 4.49. The molecule has 0 saturated heterocycles. The molecule has 0 N–H and O–H groups in total.